The van der Waals surface area contributed by atoms with Crippen molar-refractivity contribution in [3.63, 3.8) is 0 Å². The molecule has 0 saturated heterocycles. The molecule has 4 heteroatoms. The van der Waals surface area contributed by atoms with E-state index in [0.29, 0.717) is 5.69 Å². The highest BCUT2D eigenvalue weighted by Crippen LogP contribution is 2.25. The molecule has 0 radical (unpaired) electrons. The van der Waals surface area contributed by atoms with Crippen LogP contribution in [0.3, 0.4) is 0 Å². The molecule has 0 bridgehead atoms. The zero-order chi connectivity index (χ0) is 10.1. The first-order valence-electron chi connectivity index (χ1n) is 4.18. The lowest BCUT2D eigenvalue weighted by molar-refractivity contribution is 0.439. The van der Waals surface area contributed by atoms with Gasteiger partial charge in [-0.2, -0.15) is 0 Å². The van der Waals surface area contributed by atoms with E-state index in [0.717, 1.165) is 11.1 Å². The number of anilines is 1. The minimum absolute atomic E-state index is 0.210. The van der Waals surface area contributed by atoms with Crippen molar-refractivity contribution in [2.75, 3.05) is 5.73 Å². The fraction of sp³-hybridized carbons (Fsp3) is 0.100. The molecule has 2 rings (SSSR count). The number of aromatic nitrogens is 1. The third kappa shape index (κ3) is 1.54. The van der Waals surface area contributed by atoms with Crippen LogP contribution >= 0.6 is 0 Å². The highest BCUT2D eigenvalue weighted by Gasteiger charge is 2.05. The Kier molecular flexibility index (Phi) is 1.89. The van der Waals surface area contributed by atoms with E-state index in [4.69, 9.17) is 10.3 Å². The highest BCUT2D eigenvalue weighted by molar-refractivity contribution is 5.63. The molecule has 0 amide bonds. The van der Waals surface area contributed by atoms with Gasteiger partial charge in [0.2, 0.25) is 5.88 Å². The number of nitrogens with two attached hydrogens (primary N) is 1. The fourth-order valence-electron chi connectivity index (χ4n) is 1.34. The lowest BCUT2D eigenvalue weighted by atomic mass is 10.1. The number of aromatic hydroxyl groups is 1. The monoisotopic (exact) mass is 190 g/mol. The third-order valence-corrected chi connectivity index (χ3v) is 1.89. The first kappa shape index (κ1) is 8.62. The Hall–Kier alpha value is -1.97. The average molecular weight is 190 g/mol. The highest BCUT2D eigenvalue weighted by atomic mass is 16.5. The van der Waals surface area contributed by atoms with Crippen LogP contribution in [0.25, 0.3) is 11.3 Å². The summed E-state index contributed by atoms with van der Waals surface area (Å²) in [5, 5.41) is 13.1. The van der Waals surface area contributed by atoms with Gasteiger partial charge in [0.1, 0.15) is 11.4 Å². The van der Waals surface area contributed by atoms with Crippen LogP contribution in [0.15, 0.2) is 28.8 Å². The Morgan fingerprint density at radius 1 is 1.29 bits per heavy atom. The minimum atomic E-state index is 0.210. The molecule has 0 spiro atoms. The number of benzene rings is 1. The number of rotatable bonds is 1. The Labute approximate surface area is 81.0 Å². The van der Waals surface area contributed by atoms with Gasteiger partial charge in [-0.25, -0.2) is 0 Å². The third-order valence-electron chi connectivity index (χ3n) is 1.89. The molecule has 1 aromatic heterocycles. The number of nitrogens with zero attached hydrogens (tertiary/aromatic N) is 1. The van der Waals surface area contributed by atoms with Gasteiger partial charge in [0.25, 0.3) is 0 Å². The van der Waals surface area contributed by atoms with Crippen LogP contribution in [0.5, 0.6) is 5.75 Å². The summed E-state index contributed by atoms with van der Waals surface area (Å²) in [6.07, 6.45) is 0. The lowest BCUT2D eigenvalue weighted by Gasteiger charge is -1.99. The minimum Gasteiger partial charge on any atom is -0.508 e. The van der Waals surface area contributed by atoms with Gasteiger partial charge in [-0.05, 0) is 30.7 Å². The van der Waals surface area contributed by atoms with E-state index in [9.17, 15) is 5.11 Å². The van der Waals surface area contributed by atoms with Gasteiger partial charge in [0.15, 0.2) is 0 Å². The predicted molar refractivity (Wildman–Crippen MR) is 52.8 cm³/mol. The first-order valence-corrected chi connectivity index (χ1v) is 4.18. The standard InChI is InChI=1S/C10H10N2O2/c1-6-2-7(4-8(13)3-6)9-5-10(11)14-12-9/h2-5,13H,11H2,1H3. The second-order valence-corrected chi connectivity index (χ2v) is 3.17. The molecule has 3 N–H and O–H groups in total. The number of phenolic OH excluding ortho intramolecular Hbond substituents is 1. The van der Waals surface area contributed by atoms with E-state index >= 15 is 0 Å². The van der Waals surface area contributed by atoms with Crippen molar-refractivity contribution in [2.45, 2.75) is 6.92 Å². The number of nitrogen functional groups attached to an aromatic ring is 1. The maximum absolute atomic E-state index is 9.37. The molecule has 0 aliphatic heterocycles. The fourth-order valence-corrected chi connectivity index (χ4v) is 1.34. The van der Waals surface area contributed by atoms with Gasteiger partial charge < -0.3 is 15.4 Å². The van der Waals surface area contributed by atoms with Crippen molar-refractivity contribution in [3.05, 3.63) is 29.8 Å². The maximum Gasteiger partial charge on any atom is 0.222 e. The normalized spacial score (nSPS) is 10.4. The quantitative estimate of drug-likeness (QED) is 0.720. The van der Waals surface area contributed by atoms with Gasteiger partial charge in [-0.3, -0.25) is 0 Å². The number of hydrogen-bond acceptors (Lipinski definition) is 4. The van der Waals surface area contributed by atoms with Gasteiger partial charge in [-0.15, -0.1) is 0 Å². The maximum atomic E-state index is 9.37. The molecule has 14 heavy (non-hydrogen) atoms. The van der Waals surface area contributed by atoms with Crippen LogP contribution in [0, 0.1) is 6.92 Å². The summed E-state index contributed by atoms with van der Waals surface area (Å²) in [7, 11) is 0. The molecule has 0 saturated carbocycles. The van der Waals surface area contributed by atoms with Gasteiger partial charge in [-0.1, -0.05) is 5.16 Å². The van der Waals surface area contributed by atoms with Crippen LogP contribution in [-0.4, -0.2) is 10.3 Å². The van der Waals surface area contributed by atoms with Crippen molar-refractivity contribution in [3.8, 4) is 17.0 Å². The Balaban J connectivity index is 2.51. The van der Waals surface area contributed by atoms with E-state index in [1.54, 1.807) is 18.2 Å². The van der Waals surface area contributed by atoms with Crippen molar-refractivity contribution in [2.24, 2.45) is 0 Å². The second-order valence-electron chi connectivity index (χ2n) is 3.17. The van der Waals surface area contributed by atoms with Crippen LogP contribution in [0.4, 0.5) is 5.88 Å². The van der Waals surface area contributed by atoms with E-state index in [1.807, 2.05) is 13.0 Å². The molecule has 0 aliphatic rings. The van der Waals surface area contributed by atoms with E-state index in [2.05, 4.69) is 5.16 Å². The Bertz CT molecular complexity index is 443. The molecule has 0 aliphatic carbocycles. The molecular weight excluding hydrogens is 180 g/mol. The molecule has 2 aromatic rings. The van der Waals surface area contributed by atoms with Crippen molar-refractivity contribution >= 4 is 5.88 Å². The summed E-state index contributed by atoms with van der Waals surface area (Å²) in [4.78, 5) is 0. The topological polar surface area (TPSA) is 72.3 Å². The second kappa shape index (κ2) is 3.06. The van der Waals surface area contributed by atoms with Gasteiger partial charge in [0.05, 0.1) is 0 Å². The molecule has 0 fully saturated rings. The van der Waals surface area contributed by atoms with E-state index < -0.39 is 0 Å². The zero-order valence-electron chi connectivity index (χ0n) is 7.69. The van der Waals surface area contributed by atoms with Crippen molar-refractivity contribution in [1.82, 2.24) is 5.16 Å². The summed E-state index contributed by atoms with van der Waals surface area (Å²) in [5.74, 6) is 0.475. The average Bonchev–Trinajstić information content (AvgIpc) is 2.50. The van der Waals surface area contributed by atoms with Crippen molar-refractivity contribution < 1.29 is 9.63 Å². The molecule has 1 heterocycles. The molecule has 72 valence electrons. The van der Waals surface area contributed by atoms with E-state index in [1.165, 1.54) is 0 Å². The van der Waals surface area contributed by atoms with Crippen molar-refractivity contribution in [1.29, 1.82) is 0 Å². The number of aryl methyl sites for hydroxylation is 1. The van der Waals surface area contributed by atoms with Gasteiger partial charge in [0, 0.05) is 11.6 Å². The lowest BCUT2D eigenvalue weighted by Crippen LogP contribution is -1.80. The largest absolute Gasteiger partial charge is 0.508 e. The summed E-state index contributed by atoms with van der Waals surface area (Å²) in [5.41, 5.74) is 7.78. The zero-order valence-corrected chi connectivity index (χ0v) is 7.69. The smallest absolute Gasteiger partial charge is 0.222 e. The molecule has 0 atom stereocenters. The summed E-state index contributed by atoms with van der Waals surface area (Å²) in [6.45, 7) is 1.90. The molecular formula is C10H10N2O2. The predicted octanol–water partition coefficient (Wildman–Crippen LogP) is 1.94. The van der Waals surface area contributed by atoms with Crippen LogP contribution in [-0.2, 0) is 0 Å². The first-order chi connectivity index (χ1) is 6.65. The van der Waals surface area contributed by atoms with Crippen LogP contribution in [0.1, 0.15) is 5.56 Å². The molecule has 1 aromatic carbocycles. The molecule has 0 unspecified atom stereocenters. The Morgan fingerprint density at radius 2 is 2.07 bits per heavy atom. The molecule has 4 nitrogen and oxygen atoms in total. The summed E-state index contributed by atoms with van der Waals surface area (Å²) in [6, 6.07) is 6.81. The van der Waals surface area contributed by atoms with E-state index in [-0.39, 0.29) is 11.6 Å². The van der Waals surface area contributed by atoms with Crippen LogP contribution in [0.2, 0.25) is 0 Å². The Morgan fingerprint density at radius 3 is 2.64 bits per heavy atom. The SMILES string of the molecule is Cc1cc(O)cc(-c2cc(N)on2)c1. The summed E-state index contributed by atoms with van der Waals surface area (Å²) >= 11 is 0. The number of phenols is 1. The van der Waals surface area contributed by atoms with Gasteiger partial charge >= 0.3 is 0 Å². The number of hydrogen-bond donors (Lipinski definition) is 2. The summed E-state index contributed by atoms with van der Waals surface area (Å²) < 4.78 is 4.74. The van der Waals surface area contributed by atoms with Crippen LogP contribution < -0.4 is 5.73 Å².